The molecule has 0 radical (unpaired) electrons. The van der Waals surface area contributed by atoms with Crippen LogP contribution in [0.25, 0.3) is 0 Å². The second-order valence-electron chi connectivity index (χ2n) is 7.22. The highest BCUT2D eigenvalue weighted by Crippen LogP contribution is 2.15. The summed E-state index contributed by atoms with van der Waals surface area (Å²) in [6.45, 7) is 15.4. The maximum absolute atomic E-state index is 4.79. The molecular weight excluding hydrogens is 298 g/mol. The molecule has 1 heterocycles. The number of hydrogen-bond donors (Lipinski definition) is 2. The van der Waals surface area contributed by atoms with Gasteiger partial charge in [0.2, 0.25) is 0 Å². The second-order valence-corrected chi connectivity index (χ2v) is 7.22. The van der Waals surface area contributed by atoms with Gasteiger partial charge < -0.3 is 20.4 Å². The molecule has 0 unspecified atom stereocenters. The van der Waals surface area contributed by atoms with Gasteiger partial charge in [-0.2, -0.15) is 0 Å². The molecule has 0 saturated carbocycles. The summed E-state index contributed by atoms with van der Waals surface area (Å²) in [6, 6.07) is 10.7. The third kappa shape index (κ3) is 6.04. The van der Waals surface area contributed by atoms with Crippen molar-refractivity contribution >= 4 is 11.6 Å². The highest BCUT2D eigenvalue weighted by molar-refractivity contribution is 5.80. The van der Waals surface area contributed by atoms with Gasteiger partial charge in [-0.3, -0.25) is 4.99 Å². The van der Waals surface area contributed by atoms with E-state index in [-0.39, 0.29) is 5.54 Å². The molecule has 1 fully saturated rings. The van der Waals surface area contributed by atoms with E-state index in [2.05, 4.69) is 78.5 Å². The van der Waals surface area contributed by atoms with Crippen molar-refractivity contribution in [2.24, 2.45) is 4.99 Å². The van der Waals surface area contributed by atoms with E-state index in [9.17, 15) is 0 Å². The van der Waals surface area contributed by atoms with Gasteiger partial charge >= 0.3 is 0 Å². The van der Waals surface area contributed by atoms with Crippen LogP contribution in [-0.2, 0) is 0 Å². The third-order valence-corrected chi connectivity index (χ3v) is 4.06. The van der Waals surface area contributed by atoms with E-state index in [1.165, 1.54) is 5.69 Å². The molecule has 1 aromatic rings. The Labute approximate surface area is 147 Å². The lowest BCUT2D eigenvalue weighted by atomic mass is 10.1. The number of para-hydroxylation sites is 1. The predicted octanol–water partition coefficient (Wildman–Crippen LogP) is 2.16. The van der Waals surface area contributed by atoms with Crippen LogP contribution in [0.5, 0.6) is 0 Å². The minimum absolute atomic E-state index is 0.148. The number of nitrogens with zero attached hydrogens (tertiary/aromatic N) is 3. The SMILES string of the molecule is CCNC(=NCCNC(C)(C)C)N1CCN(c2ccccc2)CC1. The van der Waals surface area contributed by atoms with Crippen LogP contribution in [0.3, 0.4) is 0 Å². The monoisotopic (exact) mass is 331 g/mol. The predicted molar refractivity (Wildman–Crippen MR) is 104 cm³/mol. The van der Waals surface area contributed by atoms with Crippen LogP contribution in [-0.4, -0.2) is 62.2 Å². The zero-order valence-corrected chi connectivity index (χ0v) is 15.7. The van der Waals surface area contributed by atoms with Crippen LogP contribution in [0.4, 0.5) is 5.69 Å². The van der Waals surface area contributed by atoms with Crippen LogP contribution >= 0.6 is 0 Å². The Kier molecular flexibility index (Phi) is 6.91. The average molecular weight is 332 g/mol. The number of piperazine rings is 1. The van der Waals surface area contributed by atoms with Crippen molar-refractivity contribution in [3.05, 3.63) is 30.3 Å². The molecule has 134 valence electrons. The van der Waals surface area contributed by atoms with Gasteiger partial charge in [-0.15, -0.1) is 0 Å². The second kappa shape index (κ2) is 8.92. The summed E-state index contributed by atoms with van der Waals surface area (Å²) < 4.78 is 0. The van der Waals surface area contributed by atoms with Crippen molar-refractivity contribution in [1.29, 1.82) is 0 Å². The number of benzene rings is 1. The molecule has 1 aromatic carbocycles. The van der Waals surface area contributed by atoms with Gasteiger partial charge in [-0.25, -0.2) is 0 Å². The van der Waals surface area contributed by atoms with Gasteiger partial charge in [0.25, 0.3) is 0 Å². The first-order valence-electron chi connectivity index (χ1n) is 9.08. The zero-order chi connectivity index (χ0) is 17.4. The van der Waals surface area contributed by atoms with Gasteiger partial charge in [0.05, 0.1) is 6.54 Å². The van der Waals surface area contributed by atoms with Crippen LogP contribution < -0.4 is 15.5 Å². The number of rotatable bonds is 5. The van der Waals surface area contributed by atoms with Gasteiger partial charge in [-0.1, -0.05) is 18.2 Å². The topological polar surface area (TPSA) is 42.9 Å². The normalized spacial score (nSPS) is 16.4. The fourth-order valence-corrected chi connectivity index (χ4v) is 2.83. The highest BCUT2D eigenvalue weighted by atomic mass is 15.3. The lowest BCUT2D eigenvalue weighted by Gasteiger charge is -2.37. The molecule has 24 heavy (non-hydrogen) atoms. The van der Waals surface area contributed by atoms with E-state index in [1.54, 1.807) is 0 Å². The Bertz CT molecular complexity index is 498. The Morgan fingerprint density at radius 2 is 1.75 bits per heavy atom. The molecule has 0 aromatic heterocycles. The van der Waals surface area contributed by atoms with E-state index in [4.69, 9.17) is 4.99 Å². The summed E-state index contributed by atoms with van der Waals surface area (Å²) in [7, 11) is 0. The van der Waals surface area contributed by atoms with Crippen molar-refractivity contribution in [3.8, 4) is 0 Å². The number of nitrogens with one attached hydrogen (secondary N) is 2. The van der Waals surface area contributed by atoms with E-state index < -0.39 is 0 Å². The molecule has 0 spiro atoms. The van der Waals surface area contributed by atoms with Crippen LogP contribution in [0.15, 0.2) is 35.3 Å². The maximum atomic E-state index is 4.79. The molecule has 0 amide bonds. The molecule has 5 heteroatoms. The summed E-state index contributed by atoms with van der Waals surface area (Å²) >= 11 is 0. The number of guanidine groups is 1. The first-order valence-corrected chi connectivity index (χ1v) is 9.08. The number of anilines is 1. The van der Waals surface area contributed by atoms with Crippen LogP contribution in [0, 0.1) is 0 Å². The van der Waals surface area contributed by atoms with E-state index in [1.807, 2.05) is 0 Å². The molecule has 0 atom stereocenters. The molecule has 1 aliphatic heterocycles. The molecule has 2 rings (SSSR count). The molecule has 1 saturated heterocycles. The van der Waals surface area contributed by atoms with Gasteiger partial charge in [-0.05, 0) is 39.8 Å². The Balaban J connectivity index is 1.86. The molecular formula is C19H33N5. The van der Waals surface area contributed by atoms with Crippen molar-refractivity contribution < 1.29 is 0 Å². The first kappa shape index (κ1) is 18.6. The van der Waals surface area contributed by atoms with Crippen LogP contribution in [0.2, 0.25) is 0 Å². The molecule has 1 aliphatic rings. The van der Waals surface area contributed by atoms with E-state index >= 15 is 0 Å². The van der Waals surface area contributed by atoms with Crippen molar-refractivity contribution in [2.75, 3.05) is 50.7 Å². The quantitative estimate of drug-likeness (QED) is 0.493. The van der Waals surface area contributed by atoms with Gasteiger partial charge in [0.1, 0.15) is 0 Å². The first-order chi connectivity index (χ1) is 11.5. The highest BCUT2D eigenvalue weighted by Gasteiger charge is 2.19. The minimum Gasteiger partial charge on any atom is -0.368 e. The standard InChI is InChI=1S/C19H33N5/c1-5-20-18(21-11-12-22-19(2,3)4)24-15-13-23(14-16-24)17-9-7-6-8-10-17/h6-10,22H,5,11-16H2,1-4H3,(H,20,21). The van der Waals surface area contributed by atoms with Crippen molar-refractivity contribution in [1.82, 2.24) is 15.5 Å². The van der Waals surface area contributed by atoms with Crippen LogP contribution in [0.1, 0.15) is 27.7 Å². The van der Waals surface area contributed by atoms with Crippen molar-refractivity contribution in [3.63, 3.8) is 0 Å². The van der Waals surface area contributed by atoms with Crippen molar-refractivity contribution in [2.45, 2.75) is 33.2 Å². The summed E-state index contributed by atoms with van der Waals surface area (Å²) in [5.41, 5.74) is 1.46. The smallest absolute Gasteiger partial charge is 0.194 e. The number of hydrogen-bond acceptors (Lipinski definition) is 3. The minimum atomic E-state index is 0.148. The number of aliphatic imine (C=N–C) groups is 1. The summed E-state index contributed by atoms with van der Waals surface area (Å²) in [6.07, 6.45) is 0. The largest absolute Gasteiger partial charge is 0.368 e. The van der Waals surface area contributed by atoms with Gasteiger partial charge in [0.15, 0.2) is 5.96 Å². The lowest BCUT2D eigenvalue weighted by molar-refractivity contribution is 0.371. The van der Waals surface area contributed by atoms with E-state index in [0.717, 1.165) is 51.8 Å². The summed E-state index contributed by atoms with van der Waals surface area (Å²) in [5, 5.41) is 6.92. The fraction of sp³-hybridized carbons (Fsp3) is 0.632. The van der Waals surface area contributed by atoms with Gasteiger partial charge in [0, 0.05) is 50.5 Å². The fourth-order valence-electron chi connectivity index (χ4n) is 2.83. The third-order valence-electron chi connectivity index (χ3n) is 4.06. The molecule has 2 N–H and O–H groups in total. The Morgan fingerprint density at radius 3 is 2.33 bits per heavy atom. The Morgan fingerprint density at radius 1 is 1.08 bits per heavy atom. The molecule has 5 nitrogen and oxygen atoms in total. The Hall–Kier alpha value is -1.75. The average Bonchev–Trinajstić information content (AvgIpc) is 2.58. The molecule has 0 aliphatic carbocycles. The van der Waals surface area contributed by atoms with E-state index in [0.29, 0.717) is 0 Å². The maximum Gasteiger partial charge on any atom is 0.194 e. The molecule has 0 bridgehead atoms. The summed E-state index contributed by atoms with van der Waals surface area (Å²) in [5.74, 6) is 1.04. The lowest BCUT2D eigenvalue weighted by Crippen LogP contribution is -2.52. The zero-order valence-electron chi connectivity index (χ0n) is 15.7. The summed E-state index contributed by atoms with van der Waals surface area (Å²) in [4.78, 5) is 9.61.